The van der Waals surface area contributed by atoms with Crippen LogP contribution in [0, 0.1) is 0 Å². The summed E-state index contributed by atoms with van der Waals surface area (Å²) in [6, 6.07) is 6.27. The summed E-state index contributed by atoms with van der Waals surface area (Å²) < 4.78 is 18.8. The number of carbonyl (C=O) groups is 1. The first kappa shape index (κ1) is 15.2. The van der Waals surface area contributed by atoms with E-state index < -0.39 is 23.4 Å². The van der Waals surface area contributed by atoms with Crippen LogP contribution in [0.3, 0.4) is 0 Å². The molecule has 20 heavy (non-hydrogen) atoms. The molecule has 0 radical (unpaired) electrons. The Morgan fingerprint density at radius 2 is 2.10 bits per heavy atom. The van der Waals surface area contributed by atoms with Crippen molar-refractivity contribution in [2.75, 3.05) is 12.9 Å². The number of methoxy groups -OCH3 is 1. The minimum Gasteiger partial charge on any atom is -0.598 e. The van der Waals surface area contributed by atoms with E-state index in [1.165, 1.54) is 0 Å². The smallest absolute Gasteiger partial charge is 0.327 e. The molecule has 0 amide bonds. The Balaban J connectivity index is 2.10. The fourth-order valence-electron chi connectivity index (χ4n) is 2.21. The highest BCUT2D eigenvalue weighted by Gasteiger charge is 2.61. The molecule has 4 unspecified atom stereocenters. The SMILES string of the molecule is CCCC[S+]([O-])N1C(C(=O)O)C1c1ccc(OC)cc1. The fraction of sp³-hybridized carbons (Fsp3) is 0.500. The van der Waals surface area contributed by atoms with Crippen molar-refractivity contribution < 1.29 is 19.2 Å². The molecule has 0 bridgehead atoms. The third-order valence-electron chi connectivity index (χ3n) is 3.38. The summed E-state index contributed by atoms with van der Waals surface area (Å²) in [5, 5.41) is 9.23. The molecule has 1 N–H and O–H groups in total. The maximum absolute atomic E-state index is 12.1. The second kappa shape index (κ2) is 6.47. The lowest BCUT2D eigenvalue weighted by atomic mass is 10.1. The van der Waals surface area contributed by atoms with Crippen LogP contribution >= 0.6 is 0 Å². The molecule has 5 nitrogen and oxygen atoms in total. The summed E-state index contributed by atoms with van der Waals surface area (Å²) in [6.45, 7) is 2.02. The minimum atomic E-state index is -1.23. The lowest BCUT2D eigenvalue weighted by molar-refractivity contribution is -0.137. The van der Waals surface area contributed by atoms with Gasteiger partial charge in [0.05, 0.1) is 7.11 Å². The van der Waals surface area contributed by atoms with E-state index in [9.17, 15) is 14.5 Å². The molecule has 1 heterocycles. The maximum Gasteiger partial charge on any atom is 0.327 e. The Bertz CT molecular complexity index is 465. The summed E-state index contributed by atoms with van der Waals surface area (Å²) >= 11 is -1.23. The van der Waals surface area contributed by atoms with E-state index in [0.717, 1.165) is 24.2 Å². The van der Waals surface area contributed by atoms with E-state index in [1.54, 1.807) is 23.5 Å². The van der Waals surface area contributed by atoms with E-state index in [2.05, 4.69) is 0 Å². The average molecular weight is 297 g/mol. The number of aliphatic carboxylic acids is 1. The highest BCUT2D eigenvalue weighted by Crippen LogP contribution is 2.46. The normalized spacial score (nSPS) is 26.1. The number of hydrogen-bond acceptors (Lipinski definition) is 4. The van der Waals surface area contributed by atoms with Crippen molar-refractivity contribution in [1.29, 1.82) is 0 Å². The van der Waals surface area contributed by atoms with Crippen LogP contribution in [0.4, 0.5) is 0 Å². The predicted octanol–water partition coefficient (Wildman–Crippen LogP) is 1.97. The van der Waals surface area contributed by atoms with Crippen LogP contribution in [0.5, 0.6) is 5.75 Å². The number of carboxylic acids is 1. The molecule has 110 valence electrons. The van der Waals surface area contributed by atoms with Crippen LogP contribution in [0.1, 0.15) is 31.4 Å². The predicted molar refractivity (Wildman–Crippen MR) is 76.9 cm³/mol. The second-order valence-electron chi connectivity index (χ2n) is 4.74. The first-order valence-electron chi connectivity index (χ1n) is 6.63. The van der Waals surface area contributed by atoms with Crippen LogP contribution in [0.15, 0.2) is 24.3 Å². The van der Waals surface area contributed by atoms with Crippen molar-refractivity contribution in [1.82, 2.24) is 4.31 Å². The molecule has 0 aliphatic carbocycles. The number of nitrogens with zero attached hydrogens (tertiary/aromatic N) is 1. The Morgan fingerprint density at radius 1 is 1.45 bits per heavy atom. The molecule has 1 aromatic rings. The van der Waals surface area contributed by atoms with Crippen molar-refractivity contribution in [2.45, 2.75) is 31.8 Å². The van der Waals surface area contributed by atoms with Crippen LogP contribution in [0.25, 0.3) is 0 Å². The van der Waals surface area contributed by atoms with E-state index in [-0.39, 0.29) is 6.04 Å². The highest BCUT2D eigenvalue weighted by molar-refractivity contribution is 7.89. The molecule has 0 spiro atoms. The van der Waals surface area contributed by atoms with E-state index in [1.807, 2.05) is 19.1 Å². The third kappa shape index (κ3) is 3.08. The Labute approximate surface area is 121 Å². The number of carboxylic acid groups (broad SMARTS) is 1. The van der Waals surface area contributed by atoms with Crippen LogP contribution in [0.2, 0.25) is 0 Å². The van der Waals surface area contributed by atoms with Gasteiger partial charge in [0.15, 0.2) is 6.04 Å². The number of unbranched alkanes of at least 4 members (excludes halogenated alkanes) is 1. The lowest BCUT2D eigenvalue weighted by Crippen LogP contribution is -2.21. The van der Waals surface area contributed by atoms with Crippen molar-refractivity contribution in [3.05, 3.63) is 29.8 Å². The zero-order valence-corrected chi connectivity index (χ0v) is 12.4. The van der Waals surface area contributed by atoms with Gasteiger partial charge in [-0.25, -0.2) is 0 Å². The van der Waals surface area contributed by atoms with Crippen LogP contribution < -0.4 is 4.74 Å². The quantitative estimate of drug-likeness (QED) is 0.615. The molecule has 0 aromatic heterocycles. The Hall–Kier alpha value is -1.24. The van der Waals surface area contributed by atoms with Gasteiger partial charge in [-0.2, -0.15) is 0 Å². The third-order valence-corrected chi connectivity index (χ3v) is 4.94. The highest BCUT2D eigenvalue weighted by atomic mass is 32.2. The van der Waals surface area contributed by atoms with Gasteiger partial charge in [0.2, 0.25) is 0 Å². The van der Waals surface area contributed by atoms with Gasteiger partial charge in [-0.05, 0) is 24.1 Å². The van der Waals surface area contributed by atoms with Gasteiger partial charge >= 0.3 is 5.97 Å². The molecular weight excluding hydrogens is 278 g/mol. The van der Waals surface area contributed by atoms with Crippen molar-refractivity contribution in [3.63, 3.8) is 0 Å². The first-order chi connectivity index (χ1) is 9.60. The van der Waals surface area contributed by atoms with Gasteiger partial charge in [0.25, 0.3) is 0 Å². The molecule has 2 rings (SSSR count). The molecular formula is C14H19NO4S. The number of benzene rings is 1. The molecule has 1 saturated heterocycles. The zero-order chi connectivity index (χ0) is 14.7. The molecule has 6 heteroatoms. The van der Waals surface area contributed by atoms with E-state index in [4.69, 9.17) is 4.74 Å². The molecule has 1 aromatic carbocycles. The van der Waals surface area contributed by atoms with Crippen molar-refractivity contribution >= 4 is 17.3 Å². The zero-order valence-electron chi connectivity index (χ0n) is 11.6. The van der Waals surface area contributed by atoms with Gasteiger partial charge in [-0.1, -0.05) is 25.5 Å². The van der Waals surface area contributed by atoms with Gasteiger partial charge < -0.3 is 14.4 Å². The maximum atomic E-state index is 12.1. The van der Waals surface area contributed by atoms with E-state index >= 15 is 0 Å². The molecule has 4 atom stereocenters. The largest absolute Gasteiger partial charge is 0.598 e. The van der Waals surface area contributed by atoms with E-state index in [0.29, 0.717) is 5.75 Å². The number of rotatable bonds is 7. The second-order valence-corrected chi connectivity index (χ2v) is 6.21. The van der Waals surface area contributed by atoms with Gasteiger partial charge in [0, 0.05) is 11.4 Å². The summed E-state index contributed by atoms with van der Waals surface area (Å²) in [7, 11) is 1.58. The number of ether oxygens (including phenoxy) is 1. The molecule has 1 aliphatic rings. The molecule has 0 saturated carbocycles. The van der Waals surface area contributed by atoms with Gasteiger partial charge in [-0.15, -0.1) is 4.31 Å². The van der Waals surface area contributed by atoms with Crippen molar-refractivity contribution in [2.24, 2.45) is 0 Å². The summed E-state index contributed by atoms with van der Waals surface area (Å²) in [5.74, 6) is 0.322. The van der Waals surface area contributed by atoms with Crippen LogP contribution in [-0.4, -0.2) is 38.8 Å². The molecule has 1 fully saturated rings. The first-order valence-corrected chi connectivity index (χ1v) is 7.91. The van der Waals surface area contributed by atoms with Gasteiger partial charge in [0.1, 0.15) is 17.5 Å². The summed E-state index contributed by atoms with van der Waals surface area (Å²) in [5.41, 5.74) is 0.864. The lowest BCUT2D eigenvalue weighted by Gasteiger charge is -2.11. The number of hydrogen-bond donors (Lipinski definition) is 1. The fourth-order valence-corrected chi connectivity index (χ4v) is 3.85. The molecule has 1 aliphatic heterocycles. The summed E-state index contributed by atoms with van der Waals surface area (Å²) in [6.07, 6.45) is 1.79. The van der Waals surface area contributed by atoms with Crippen molar-refractivity contribution in [3.8, 4) is 5.75 Å². The topological polar surface area (TPSA) is 72.6 Å². The summed E-state index contributed by atoms with van der Waals surface area (Å²) in [4.78, 5) is 11.3. The van der Waals surface area contributed by atoms with Gasteiger partial charge in [-0.3, -0.25) is 4.79 Å². The minimum absolute atomic E-state index is 0.295. The van der Waals surface area contributed by atoms with Crippen LogP contribution in [-0.2, 0) is 16.2 Å². The monoisotopic (exact) mass is 297 g/mol. The standard InChI is InChI=1S/C14H19NO4S/c1-3-4-9-20(18)15-12(13(15)14(16)17)10-5-7-11(19-2)8-6-10/h5-8,12-13H,3-4,9H2,1-2H3,(H,16,17). The average Bonchev–Trinajstić information content (AvgIpc) is 3.20. The Kier molecular flexibility index (Phi) is 4.91. The Morgan fingerprint density at radius 3 is 2.60 bits per heavy atom.